The molecule has 0 spiro atoms. The molecule has 0 atom stereocenters. The van der Waals surface area contributed by atoms with Crippen LogP contribution in [0.25, 0.3) is 11.0 Å². The number of nitrogens with zero attached hydrogens (tertiary/aromatic N) is 2. The maximum absolute atomic E-state index is 12.3. The van der Waals surface area contributed by atoms with Gasteiger partial charge in [-0.15, -0.1) is 0 Å². The van der Waals surface area contributed by atoms with Gasteiger partial charge < -0.3 is 14.6 Å². The van der Waals surface area contributed by atoms with Gasteiger partial charge in [-0.1, -0.05) is 56.0 Å². The standard InChI is InChI=1S/C28H37N3O2/c32-28(23-13-4-1-5-14-23)29-20-11-3-8-19-27-30-25-17-9-10-18-26(25)31(27)21-12-22-33-24-15-6-2-7-16-24/h2,6-7,9-10,15-18,23H,1,3-5,8,11-14,19-22H2,(H,29,32). The van der Waals surface area contributed by atoms with Crippen molar-refractivity contribution in [3.8, 4) is 5.75 Å². The van der Waals surface area contributed by atoms with Gasteiger partial charge in [0, 0.05) is 25.4 Å². The van der Waals surface area contributed by atoms with Crippen molar-refractivity contribution in [3.05, 3.63) is 60.4 Å². The number of unbranched alkanes of at least 4 members (excludes halogenated alkanes) is 2. The van der Waals surface area contributed by atoms with Crippen LogP contribution in [0.5, 0.6) is 5.75 Å². The number of aryl methyl sites for hydroxylation is 2. The molecule has 2 aromatic carbocycles. The van der Waals surface area contributed by atoms with E-state index >= 15 is 0 Å². The van der Waals surface area contributed by atoms with Gasteiger partial charge in [0.05, 0.1) is 17.6 Å². The minimum Gasteiger partial charge on any atom is -0.494 e. The van der Waals surface area contributed by atoms with Crippen LogP contribution in [-0.2, 0) is 17.8 Å². The minimum atomic E-state index is 0.254. The summed E-state index contributed by atoms with van der Waals surface area (Å²) in [4.78, 5) is 17.2. The second kappa shape index (κ2) is 12.4. The summed E-state index contributed by atoms with van der Waals surface area (Å²) >= 11 is 0. The quantitative estimate of drug-likeness (QED) is 0.351. The molecule has 0 unspecified atom stereocenters. The summed E-state index contributed by atoms with van der Waals surface area (Å²) < 4.78 is 8.23. The lowest BCUT2D eigenvalue weighted by Crippen LogP contribution is -2.32. The van der Waals surface area contributed by atoms with Gasteiger partial charge in [0.1, 0.15) is 11.6 Å². The Balaban J connectivity index is 1.22. The maximum Gasteiger partial charge on any atom is 0.223 e. The highest BCUT2D eigenvalue weighted by atomic mass is 16.5. The number of imidazole rings is 1. The lowest BCUT2D eigenvalue weighted by molar-refractivity contribution is -0.125. The number of aromatic nitrogens is 2. The number of amides is 1. The van der Waals surface area contributed by atoms with Crippen LogP contribution in [0.1, 0.15) is 63.6 Å². The second-order valence-corrected chi connectivity index (χ2v) is 9.12. The van der Waals surface area contributed by atoms with Crippen molar-refractivity contribution in [3.63, 3.8) is 0 Å². The fraction of sp³-hybridized carbons (Fsp3) is 0.500. The summed E-state index contributed by atoms with van der Waals surface area (Å²) in [5, 5.41) is 3.16. The van der Waals surface area contributed by atoms with Crippen molar-refractivity contribution in [1.29, 1.82) is 0 Å². The van der Waals surface area contributed by atoms with Crippen LogP contribution in [0, 0.1) is 5.92 Å². The maximum atomic E-state index is 12.3. The molecule has 0 saturated heterocycles. The zero-order valence-electron chi connectivity index (χ0n) is 19.7. The monoisotopic (exact) mass is 447 g/mol. The number of nitrogens with one attached hydrogen (secondary N) is 1. The molecule has 1 aromatic heterocycles. The van der Waals surface area contributed by atoms with E-state index in [1.165, 1.54) is 24.8 Å². The van der Waals surface area contributed by atoms with E-state index in [1.54, 1.807) is 0 Å². The summed E-state index contributed by atoms with van der Waals surface area (Å²) in [6, 6.07) is 18.4. The molecule has 1 saturated carbocycles. The highest BCUT2D eigenvalue weighted by Crippen LogP contribution is 2.23. The first-order valence-corrected chi connectivity index (χ1v) is 12.7. The molecule has 0 aliphatic heterocycles. The van der Waals surface area contributed by atoms with E-state index in [1.807, 2.05) is 30.3 Å². The van der Waals surface area contributed by atoms with Crippen molar-refractivity contribution >= 4 is 16.9 Å². The largest absolute Gasteiger partial charge is 0.494 e. The van der Waals surface area contributed by atoms with Gasteiger partial charge in [-0.05, 0) is 56.4 Å². The average Bonchev–Trinajstić information content (AvgIpc) is 3.22. The number of para-hydroxylation sites is 3. The summed E-state index contributed by atoms with van der Waals surface area (Å²) in [6.45, 7) is 2.39. The van der Waals surface area contributed by atoms with Crippen LogP contribution in [-0.4, -0.2) is 28.6 Å². The molecule has 1 fully saturated rings. The number of rotatable bonds is 12. The normalized spacial score (nSPS) is 14.4. The number of hydrogen-bond acceptors (Lipinski definition) is 3. The van der Waals surface area contributed by atoms with Gasteiger partial charge >= 0.3 is 0 Å². The first-order chi connectivity index (χ1) is 16.3. The van der Waals surface area contributed by atoms with E-state index in [-0.39, 0.29) is 11.8 Å². The topological polar surface area (TPSA) is 56.2 Å². The Kier molecular flexibility index (Phi) is 8.79. The number of hydrogen-bond donors (Lipinski definition) is 1. The van der Waals surface area contributed by atoms with E-state index in [9.17, 15) is 4.79 Å². The van der Waals surface area contributed by atoms with E-state index in [0.29, 0.717) is 6.61 Å². The number of fused-ring (bicyclic) bond motifs is 1. The van der Waals surface area contributed by atoms with Crippen LogP contribution in [0.2, 0.25) is 0 Å². The third-order valence-electron chi connectivity index (χ3n) is 6.62. The van der Waals surface area contributed by atoms with Gasteiger partial charge in [0.25, 0.3) is 0 Å². The molecule has 3 aromatic rings. The van der Waals surface area contributed by atoms with Crippen molar-refractivity contribution in [2.75, 3.05) is 13.2 Å². The molecule has 5 nitrogen and oxygen atoms in total. The van der Waals surface area contributed by atoms with Gasteiger partial charge in [-0.3, -0.25) is 4.79 Å². The summed E-state index contributed by atoms with van der Waals surface area (Å²) in [7, 11) is 0. The Hall–Kier alpha value is -2.82. The third-order valence-corrected chi connectivity index (χ3v) is 6.62. The van der Waals surface area contributed by atoms with Crippen molar-refractivity contribution in [2.45, 2.75) is 70.8 Å². The predicted molar refractivity (Wildman–Crippen MR) is 133 cm³/mol. The predicted octanol–water partition coefficient (Wildman–Crippen LogP) is 5.91. The van der Waals surface area contributed by atoms with Crippen molar-refractivity contribution in [1.82, 2.24) is 14.9 Å². The molecule has 1 aliphatic carbocycles. The third kappa shape index (κ3) is 6.83. The Morgan fingerprint density at radius 1 is 0.939 bits per heavy atom. The van der Waals surface area contributed by atoms with Crippen LogP contribution < -0.4 is 10.1 Å². The van der Waals surface area contributed by atoms with Crippen LogP contribution in [0.4, 0.5) is 0 Å². The van der Waals surface area contributed by atoms with Crippen LogP contribution in [0.15, 0.2) is 54.6 Å². The van der Waals surface area contributed by atoms with Gasteiger partial charge in [-0.2, -0.15) is 0 Å². The van der Waals surface area contributed by atoms with Crippen LogP contribution in [0.3, 0.4) is 0 Å². The molecule has 1 heterocycles. The number of carbonyl (C=O) groups is 1. The number of ether oxygens (including phenoxy) is 1. The molecule has 4 rings (SSSR count). The molecule has 1 N–H and O–H groups in total. The molecule has 5 heteroatoms. The first kappa shape index (κ1) is 23.3. The highest BCUT2D eigenvalue weighted by molar-refractivity contribution is 5.78. The summed E-state index contributed by atoms with van der Waals surface area (Å²) in [5.41, 5.74) is 2.27. The fourth-order valence-corrected chi connectivity index (χ4v) is 4.80. The Morgan fingerprint density at radius 2 is 1.73 bits per heavy atom. The molecule has 0 bridgehead atoms. The lowest BCUT2D eigenvalue weighted by Gasteiger charge is -2.20. The van der Waals surface area contributed by atoms with E-state index in [0.717, 1.165) is 75.1 Å². The Bertz CT molecular complexity index is 993. The van der Waals surface area contributed by atoms with Gasteiger partial charge in [-0.25, -0.2) is 4.98 Å². The second-order valence-electron chi connectivity index (χ2n) is 9.12. The zero-order valence-corrected chi connectivity index (χ0v) is 19.7. The molecule has 1 aliphatic rings. The summed E-state index contributed by atoms with van der Waals surface area (Å²) in [6.07, 6.45) is 11.0. The molecule has 0 radical (unpaired) electrons. The van der Waals surface area contributed by atoms with Gasteiger partial charge in [0.15, 0.2) is 0 Å². The molecular formula is C28H37N3O2. The van der Waals surface area contributed by atoms with E-state index in [2.05, 4.69) is 34.1 Å². The smallest absolute Gasteiger partial charge is 0.223 e. The number of benzene rings is 2. The van der Waals surface area contributed by atoms with E-state index in [4.69, 9.17) is 9.72 Å². The van der Waals surface area contributed by atoms with E-state index < -0.39 is 0 Å². The average molecular weight is 448 g/mol. The zero-order chi connectivity index (χ0) is 22.7. The van der Waals surface area contributed by atoms with Crippen LogP contribution >= 0.6 is 0 Å². The van der Waals surface area contributed by atoms with Gasteiger partial charge in [0.2, 0.25) is 5.91 Å². The number of carbonyl (C=O) groups excluding carboxylic acids is 1. The Morgan fingerprint density at radius 3 is 2.58 bits per heavy atom. The summed E-state index contributed by atoms with van der Waals surface area (Å²) in [5.74, 6) is 2.60. The molecule has 176 valence electrons. The van der Waals surface area contributed by atoms with Crippen molar-refractivity contribution < 1.29 is 9.53 Å². The van der Waals surface area contributed by atoms with Crippen molar-refractivity contribution in [2.24, 2.45) is 5.92 Å². The Labute approximate surface area is 197 Å². The fourth-order valence-electron chi connectivity index (χ4n) is 4.80. The molecule has 1 amide bonds. The first-order valence-electron chi connectivity index (χ1n) is 12.7. The SMILES string of the molecule is O=C(NCCCCCc1nc2ccccc2n1CCCOc1ccccc1)C1CCCCC1. The lowest BCUT2D eigenvalue weighted by atomic mass is 9.89. The highest BCUT2D eigenvalue weighted by Gasteiger charge is 2.20. The minimum absolute atomic E-state index is 0.254. The molecule has 33 heavy (non-hydrogen) atoms. The molecular weight excluding hydrogens is 410 g/mol.